The van der Waals surface area contributed by atoms with E-state index >= 15 is 0 Å². The van der Waals surface area contributed by atoms with Crippen molar-refractivity contribution in [3.8, 4) is 0 Å². The SMILES string of the molecule is Cc1ccc(N2C(=O)c3ccc(C(=O)O)cc3C2=O)cn1. The van der Waals surface area contributed by atoms with Crippen molar-refractivity contribution < 1.29 is 19.5 Å². The molecule has 0 spiro atoms. The Bertz CT molecular complexity index is 781. The molecule has 0 atom stereocenters. The van der Waals surface area contributed by atoms with Crippen LogP contribution >= 0.6 is 0 Å². The van der Waals surface area contributed by atoms with E-state index in [1.807, 2.05) is 0 Å². The van der Waals surface area contributed by atoms with Crippen LogP contribution in [0, 0.1) is 6.92 Å². The predicted octanol–water partition coefficient (Wildman–Crippen LogP) is 1.89. The molecule has 0 aliphatic carbocycles. The number of fused-ring (bicyclic) bond motifs is 1. The van der Waals surface area contributed by atoms with Crippen LogP contribution in [0.25, 0.3) is 0 Å². The molecule has 6 heteroatoms. The fourth-order valence-electron chi connectivity index (χ4n) is 2.20. The van der Waals surface area contributed by atoms with E-state index in [9.17, 15) is 14.4 Å². The van der Waals surface area contributed by atoms with Gasteiger partial charge in [0.15, 0.2) is 0 Å². The van der Waals surface area contributed by atoms with Crippen molar-refractivity contribution in [3.63, 3.8) is 0 Å². The highest BCUT2D eigenvalue weighted by Crippen LogP contribution is 2.28. The minimum atomic E-state index is -1.14. The van der Waals surface area contributed by atoms with Gasteiger partial charge in [0.05, 0.1) is 28.6 Å². The number of benzene rings is 1. The monoisotopic (exact) mass is 282 g/mol. The summed E-state index contributed by atoms with van der Waals surface area (Å²) >= 11 is 0. The van der Waals surface area contributed by atoms with Crippen LogP contribution in [0.1, 0.15) is 36.8 Å². The third-order valence-corrected chi connectivity index (χ3v) is 3.29. The summed E-state index contributed by atoms with van der Waals surface area (Å²) < 4.78 is 0. The number of imide groups is 1. The standard InChI is InChI=1S/C15H10N2O4/c1-8-2-4-10(7-16-8)17-13(18)11-5-3-9(15(20)21)6-12(11)14(17)19/h2-7H,1H3,(H,20,21). The fraction of sp³-hybridized carbons (Fsp3) is 0.0667. The number of carbonyl (C=O) groups is 3. The lowest BCUT2D eigenvalue weighted by molar-refractivity contribution is 0.0696. The lowest BCUT2D eigenvalue weighted by atomic mass is 10.1. The van der Waals surface area contributed by atoms with Gasteiger partial charge in [0, 0.05) is 5.69 Å². The van der Waals surface area contributed by atoms with Gasteiger partial charge in [-0.2, -0.15) is 0 Å². The smallest absolute Gasteiger partial charge is 0.335 e. The molecule has 2 amide bonds. The highest BCUT2D eigenvalue weighted by Gasteiger charge is 2.37. The molecule has 0 fully saturated rings. The number of carboxylic acid groups (broad SMARTS) is 1. The lowest BCUT2D eigenvalue weighted by Crippen LogP contribution is -2.29. The Morgan fingerprint density at radius 3 is 2.43 bits per heavy atom. The maximum atomic E-state index is 12.4. The summed E-state index contributed by atoms with van der Waals surface area (Å²) in [5.41, 5.74) is 1.40. The molecule has 1 N–H and O–H groups in total. The topological polar surface area (TPSA) is 87.6 Å². The number of aryl methyl sites for hydroxylation is 1. The number of anilines is 1. The Kier molecular flexibility index (Phi) is 2.79. The van der Waals surface area contributed by atoms with E-state index < -0.39 is 17.8 Å². The zero-order valence-electron chi connectivity index (χ0n) is 11.0. The van der Waals surface area contributed by atoms with Gasteiger partial charge in [-0.3, -0.25) is 14.6 Å². The first-order chi connectivity index (χ1) is 9.99. The van der Waals surface area contributed by atoms with Gasteiger partial charge in [-0.25, -0.2) is 9.69 Å². The number of nitrogens with zero attached hydrogens (tertiary/aromatic N) is 2. The zero-order chi connectivity index (χ0) is 15.1. The summed E-state index contributed by atoms with van der Waals surface area (Å²) in [6, 6.07) is 7.22. The van der Waals surface area contributed by atoms with Crippen molar-refractivity contribution in [2.75, 3.05) is 4.90 Å². The van der Waals surface area contributed by atoms with Gasteiger partial charge in [-0.1, -0.05) is 0 Å². The van der Waals surface area contributed by atoms with Crippen LogP contribution in [0.15, 0.2) is 36.5 Å². The number of aromatic nitrogens is 1. The van der Waals surface area contributed by atoms with E-state index in [0.717, 1.165) is 10.6 Å². The van der Waals surface area contributed by atoms with Crippen molar-refractivity contribution in [1.29, 1.82) is 0 Å². The molecule has 2 aromatic rings. The van der Waals surface area contributed by atoms with E-state index in [1.165, 1.54) is 24.4 Å². The van der Waals surface area contributed by atoms with Crippen LogP contribution in [-0.4, -0.2) is 27.9 Å². The number of carbonyl (C=O) groups excluding carboxylic acids is 2. The number of rotatable bonds is 2. The van der Waals surface area contributed by atoms with E-state index in [4.69, 9.17) is 5.11 Å². The quantitative estimate of drug-likeness (QED) is 0.850. The average molecular weight is 282 g/mol. The van der Waals surface area contributed by atoms with Crippen molar-refractivity contribution in [2.45, 2.75) is 6.92 Å². The van der Waals surface area contributed by atoms with Crippen LogP contribution < -0.4 is 4.90 Å². The van der Waals surface area contributed by atoms with Crippen molar-refractivity contribution in [2.24, 2.45) is 0 Å². The summed E-state index contributed by atoms with van der Waals surface area (Å²) in [7, 11) is 0. The number of carboxylic acids is 1. The molecule has 104 valence electrons. The molecule has 1 aliphatic heterocycles. The molecule has 2 heterocycles. The van der Waals surface area contributed by atoms with E-state index in [1.54, 1.807) is 19.1 Å². The lowest BCUT2D eigenvalue weighted by Gasteiger charge is -2.13. The van der Waals surface area contributed by atoms with E-state index in [-0.39, 0.29) is 16.7 Å². The van der Waals surface area contributed by atoms with Crippen LogP contribution in [-0.2, 0) is 0 Å². The second-order valence-electron chi connectivity index (χ2n) is 4.67. The van der Waals surface area contributed by atoms with Crippen molar-refractivity contribution >= 4 is 23.5 Å². The molecule has 0 saturated carbocycles. The van der Waals surface area contributed by atoms with Gasteiger partial charge in [0.25, 0.3) is 11.8 Å². The maximum Gasteiger partial charge on any atom is 0.335 e. The first-order valence-corrected chi connectivity index (χ1v) is 6.18. The Labute approximate surface area is 119 Å². The summed E-state index contributed by atoms with van der Waals surface area (Å²) in [4.78, 5) is 40.7. The first-order valence-electron chi connectivity index (χ1n) is 6.18. The molecular weight excluding hydrogens is 272 g/mol. The van der Waals surface area contributed by atoms with Gasteiger partial charge in [0.2, 0.25) is 0 Å². The fourth-order valence-corrected chi connectivity index (χ4v) is 2.20. The van der Waals surface area contributed by atoms with Crippen LogP contribution in [0.2, 0.25) is 0 Å². The Morgan fingerprint density at radius 2 is 1.81 bits per heavy atom. The third kappa shape index (κ3) is 1.97. The van der Waals surface area contributed by atoms with Gasteiger partial charge in [-0.05, 0) is 37.3 Å². The second-order valence-corrected chi connectivity index (χ2v) is 4.67. The number of hydrogen-bond donors (Lipinski definition) is 1. The van der Waals surface area contributed by atoms with Crippen LogP contribution in [0.3, 0.4) is 0 Å². The zero-order valence-corrected chi connectivity index (χ0v) is 11.0. The van der Waals surface area contributed by atoms with Gasteiger partial charge < -0.3 is 5.11 Å². The molecular formula is C15H10N2O4. The molecule has 0 unspecified atom stereocenters. The Balaban J connectivity index is 2.08. The highest BCUT2D eigenvalue weighted by atomic mass is 16.4. The van der Waals surface area contributed by atoms with Crippen LogP contribution in [0.5, 0.6) is 0 Å². The summed E-state index contributed by atoms with van der Waals surface area (Å²) in [5, 5.41) is 8.96. The molecule has 1 aromatic heterocycles. The molecule has 1 aliphatic rings. The number of aromatic carboxylic acids is 1. The largest absolute Gasteiger partial charge is 0.478 e. The van der Waals surface area contributed by atoms with Gasteiger partial charge in [0.1, 0.15) is 0 Å². The minimum absolute atomic E-state index is 0.0289. The van der Waals surface area contributed by atoms with Crippen LogP contribution in [0.4, 0.5) is 5.69 Å². The predicted molar refractivity (Wildman–Crippen MR) is 73.5 cm³/mol. The van der Waals surface area contributed by atoms with Gasteiger partial charge in [-0.15, -0.1) is 0 Å². The third-order valence-electron chi connectivity index (χ3n) is 3.29. The van der Waals surface area contributed by atoms with Crippen molar-refractivity contribution in [3.05, 3.63) is 58.9 Å². The molecule has 3 rings (SSSR count). The average Bonchev–Trinajstić information content (AvgIpc) is 2.72. The minimum Gasteiger partial charge on any atom is -0.478 e. The molecule has 0 saturated heterocycles. The van der Waals surface area contributed by atoms with E-state index in [0.29, 0.717) is 5.69 Å². The number of pyridine rings is 1. The molecule has 1 aromatic carbocycles. The summed E-state index contributed by atoms with van der Waals surface area (Å²) in [5.74, 6) is -2.16. The Hall–Kier alpha value is -3.02. The first kappa shape index (κ1) is 13.0. The molecule has 6 nitrogen and oxygen atoms in total. The number of hydrogen-bond acceptors (Lipinski definition) is 4. The molecule has 0 bridgehead atoms. The Morgan fingerprint density at radius 1 is 1.10 bits per heavy atom. The molecule has 0 radical (unpaired) electrons. The van der Waals surface area contributed by atoms with E-state index in [2.05, 4.69) is 4.98 Å². The second kappa shape index (κ2) is 4.52. The maximum absolute atomic E-state index is 12.4. The van der Waals surface area contributed by atoms with Crippen molar-refractivity contribution in [1.82, 2.24) is 4.98 Å². The summed E-state index contributed by atoms with van der Waals surface area (Å²) in [6.07, 6.45) is 1.44. The summed E-state index contributed by atoms with van der Waals surface area (Å²) in [6.45, 7) is 1.80. The highest BCUT2D eigenvalue weighted by molar-refractivity contribution is 6.34. The molecule has 21 heavy (non-hydrogen) atoms. The normalized spacial score (nSPS) is 13.5. The number of amides is 2. The van der Waals surface area contributed by atoms with Gasteiger partial charge >= 0.3 is 5.97 Å².